The quantitative estimate of drug-likeness (QED) is 0.900. The number of methoxy groups -OCH3 is 1. The lowest BCUT2D eigenvalue weighted by Crippen LogP contribution is -2.47. The van der Waals surface area contributed by atoms with Gasteiger partial charge in [-0.15, -0.1) is 0 Å². The summed E-state index contributed by atoms with van der Waals surface area (Å²) in [5, 5.41) is 3.09. The van der Waals surface area contributed by atoms with Gasteiger partial charge in [-0.25, -0.2) is 0 Å². The number of piperidine rings is 1. The Morgan fingerprint density at radius 1 is 1.13 bits per heavy atom. The Labute approximate surface area is 137 Å². The normalized spacial score (nSPS) is 18.6. The summed E-state index contributed by atoms with van der Waals surface area (Å²) in [5.74, 6) is 1.44. The topological polar surface area (TPSA) is 58.6 Å². The molecule has 1 aromatic carbocycles. The van der Waals surface area contributed by atoms with Crippen LogP contribution in [0.3, 0.4) is 0 Å². The molecular formula is C18H24N2O3. The molecule has 124 valence electrons. The van der Waals surface area contributed by atoms with E-state index in [1.807, 2.05) is 29.2 Å². The molecule has 1 N–H and O–H groups in total. The van der Waals surface area contributed by atoms with Gasteiger partial charge in [-0.1, -0.05) is 12.1 Å². The predicted molar refractivity (Wildman–Crippen MR) is 87.2 cm³/mol. The van der Waals surface area contributed by atoms with Crippen LogP contribution in [0.25, 0.3) is 0 Å². The third kappa shape index (κ3) is 4.24. The molecule has 0 aromatic heterocycles. The Hall–Kier alpha value is -2.04. The molecule has 3 rings (SSSR count). The van der Waals surface area contributed by atoms with E-state index in [-0.39, 0.29) is 17.9 Å². The van der Waals surface area contributed by atoms with E-state index in [0.29, 0.717) is 12.3 Å². The van der Waals surface area contributed by atoms with Crippen LogP contribution in [0.15, 0.2) is 24.3 Å². The van der Waals surface area contributed by atoms with Gasteiger partial charge >= 0.3 is 0 Å². The number of ether oxygens (including phenoxy) is 1. The molecule has 0 spiro atoms. The fourth-order valence-corrected chi connectivity index (χ4v) is 3.04. The van der Waals surface area contributed by atoms with Gasteiger partial charge in [0.15, 0.2) is 0 Å². The van der Waals surface area contributed by atoms with Crippen molar-refractivity contribution in [1.29, 1.82) is 0 Å². The summed E-state index contributed by atoms with van der Waals surface area (Å²) in [6.45, 7) is 1.53. The van der Waals surface area contributed by atoms with Crippen molar-refractivity contribution < 1.29 is 14.3 Å². The van der Waals surface area contributed by atoms with Gasteiger partial charge in [-0.2, -0.15) is 0 Å². The minimum absolute atomic E-state index is 0.0436. The molecule has 23 heavy (non-hydrogen) atoms. The fourth-order valence-electron chi connectivity index (χ4n) is 3.04. The van der Waals surface area contributed by atoms with Crippen molar-refractivity contribution in [2.75, 3.05) is 20.2 Å². The van der Waals surface area contributed by atoms with E-state index in [1.165, 1.54) is 0 Å². The zero-order valence-corrected chi connectivity index (χ0v) is 13.6. The van der Waals surface area contributed by atoms with Gasteiger partial charge in [0.1, 0.15) is 5.75 Å². The number of amides is 2. The van der Waals surface area contributed by atoms with Crippen molar-refractivity contribution in [1.82, 2.24) is 10.2 Å². The summed E-state index contributed by atoms with van der Waals surface area (Å²) in [5.41, 5.74) is 0.977. The van der Waals surface area contributed by atoms with Crippen LogP contribution in [-0.2, 0) is 16.0 Å². The smallest absolute Gasteiger partial charge is 0.225 e. The van der Waals surface area contributed by atoms with Gasteiger partial charge in [-0.05, 0) is 43.4 Å². The van der Waals surface area contributed by atoms with E-state index in [0.717, 1.165) is 50.1 Å². The SMILES string of the molecule is COc1ccc(CC(=O)NC2CCN(C(=O)C3CC3)CC2)cc1. The molecule has 0 bridgehead atoms. The van der Waals surface area contributed by atoms with Crippen molar-refractivity contribution in [3.05, 3.63) is 29.8 Å². The zero-order chi connectivity index (χ0) is 16.2. The van der Waals surface area contributed by atoms with Crippen molar-refractivity contribution >= 4 is 11.8 Å². The highest BCUT2D eigenvalue weighted by Crippen LogP contribution is 2.31. The second-order valence-electron chi connectivity index (χ2n) is 6.47. The monoisotopic (exact) mass is 316 g/mol. The molecule has 1 saturated carbocycles. The number of carbonyl (C=O) groups excluding carboxylic acids is 2. The maximum absolute atomic E-state index is 12.1. The number of likely N-dealkylation sites (tertiary alicyclic amines) is 1. The van der Waals surface area contributed by atoms with Crippen LogP contribution in [-0.4, -0.2) is 43.0 Å². The fraction of sp³-hybridized carbons (Fsp3) is 0.556. The van der Waals surface area contributed by atoms with Crippen LogP contribution in [0, 0.1) is 5.92 Å². The summed E-state index contributed by atoms with van der Waals surface area (Å²) in [4.78, 5) is 26.1. The number of benzene rings is 1. The third-order valence-electron chi connectivity index (χ3n) is 4.62. The number of hydrogen-bond donors (Lipinski definition) is 1. The molecule has 2 amide bonds. The number of nitrogens with one attached hydrogen (secondary N) is 1. The maximum Gasteiger partial charge on any atom is 0.225 e. The second kappa shape index (κ2) is 7.02. The Balaban J connectivity index is 1.42. The highest BCUT2D eigenvalue weighted by molar-refractivity contribution is 5.81. The summed E-state index contributed by atoms with van der Waals surface area (Å²) in [7, 11) is 1.63. The zero-order valence-electron chi connectivity index (χ0n) is 13.6. The Morgan fingerprint density at radius 3 is 2.35 bits per heavy atom. The molecule has 2 aliphatic rings. The van der Waals surface area contributed by atoms with E-state index < -0.39 is 0 Å². The van der Waals surface area contributed by atoms with E-state index in [4.69, 9.17) is 4.74 Å². The lowest BCUT2D eigenvalue weighted by atomic mass is 10.0. The number of rotatable bonds is 5. The first-order valence-corrected chi connectivity index (χ1v) is 8.37. The summed E-state index contributed by atoms with van der Waals surface area (Å²) >= 11 is 0. The minimum Gasteiger partial charge on any atom is -0.497 e. The Bertz CT molecular complexity index is 558. The van der Waals surface area contributed by atoms with Gasteiger partial charge in [0.25, 0.3) is 0 Å². The molecule has 5 heteroatoms. The first kappa shape index (κ1) is 15.8. The van der Waals surface area contributed by atoms with Gasteiger partial charge in [-0.3, -0.25) is 9.59 Å². The maximum atomic E-state index is 12.1. The molecule has 5 nitrogen and oxygen atoms in total. The van der Waals surface area contributed by atoms with Crippen LogP contribution in [0.1, 0.15) is 31.2 Å². The average Bonchev–Trinajstić information content (AvgIpc) is 3.40. The summed E-state index contributed by atoms with van der Waals surface area (Å²) in [6.07, 6.45) is 4.19. The standard InChI is InChI=1S/C18H24N2O3/c1-23-16-6-2-13(3-7-16)12-17(21)19-15-8-10-20(11-9-15)18(22)14-4-5-14/h2-3,6-7,14-15H,4-5,8-12H2,1H3,(H,19,21). The number of carbonyl (C=O) groups is 2. The highest BCUT2D eigenvalue weighted by Gasteiger charge is 2.35. The number of hydrogen-bond acceptors (Lipinski definition) is 3. The molecule has 0 atom stereocenters. The van der Waals surface area contributed by atoms with Crippen molar-refractivity contribution in [2.24, 2.45) is 5.92 Å². The van der Waals surface area contributed by atoms with Crippen LogP contribution in [0.2, 0.25) is 0 Å². The first-order valence-electron chi connectivity index (χ1n) is 8.37. The second-order valence-corrected chi connectivity index (χ2v) is 6.47. The van der Waals surface area contributed by atoms with E-state index in [2.05, 4.69) is 5.32 Å². The van der Waals surface area contributed by atoms with Crippen LogP contribution in [0.5, 0.6) is 5.75 Å². The molecule has 1 aliphatic carbocycles. The minimum atomic E-state index is 0.0436. The molecule has 1 saturated heterocycles. The van der Waals surface area contributed by atoms with E-state index in [9.17, 15) is 9.59 Å². The van der Waals surface area contributed by atoms with E-state index in [1.54, 1.807) is 7.11 Å². The van der Waals surface area contributed by atoms with Crippen LogP contribution >= 0.6 is 0 Å². The molecule has 0 unspecified atom stereocenters. The lowest BCUT2D eigenvalue weighted by Gasteiger charge is -2.32. The van der Waals surface area contributed by atoms with Gasteiger partial charge in [0.05, 0.1) is 13.5 Å². The van der Waals surface area contributed by atoms with Gasteiger partial charge in [0.2, 0.25) is 11.8 Å². The van der Waals surface area contributed by atoms with Crippen LogP contribution < -0.4 is 10.1 Å². The Morgan fingerprint density at radius 2 is 1.78 bits per heavy atom. The lowest BCUT2D eigenvalue weighted by molar-refractivity contribution is -0.133. The molecule has 0 radical (unpaired) electrons. The highest BCUT2D eigenvalue weighted by atomic mass is 16.5. The average molecular weight is 316 g/mol. The van der Waals surface area contributed by atoms with Crippen molar-refractivity contribution in [3.8, 4) is 5.75 Å². The van der Waals surface area contributed by atoms with Crippen LogP contribution in [0.4, 0.5) is 0 Å². The molecule has 2 fully saturated rings. The Kier molecular flexibility index (Phi) is 4.84. The molecule has 1 aliphatic heterocycles. The largest absolute Gasteiger partial charge is 0.497 e. The molecular weight excluding hydrogens is 292 g/mol. The summed E-state index contributed by atoms with van der Waals surface area (Å²) < 4.78 is 5.11. The van der Waals surface area contributed by atoms with E-state index >= 15 is 0 Å². The van der Waals surface area contributed by atoms with Gasteiger partial charge < -0.3 is 15.0 Å². The molecule has 1 aromatic rings. The first-order chi connectivity index (χ1) is 11.2. The van der Waals surface area contributed by atoms with Crippen molar-refractivity contribution in [3.63, 3.8) is 0 Å². The number of nitrogens with zero attached hydrogens (tertiary/aromatic N) is 1. The van der Waals surface area contributed by atoms with Gasteiger partial charge in [0, 0.05) is 25.0 Å². The predicted octanol–water partition coefficient (Wildman–Crippen LogP) is 1.75. The summed E-state index contributed by atoms with van der Waals surface area (Å²) in [6, 6.07) is 7.74. The van der Waals surface area contributed by atoms with Crippen molar-refractivity contribution in [2.45, 2.75) is 38.1 Å². The molecule has 1 heterocycles. The third-order valence-corrected chi connectivity index (χ3v) is 4.62.